The number of carbonyl (C=O) groups is 6. The molecule has 0 spiro atoms. The highest BCUT2D eigenvalue weighted by Gasteiger charge is 2.60. The van der Waals surface area contributed by atoms with Crippen molar-refractivity contribution in [3.05, 3.63) is 11.6 Å². The van der Waals surface area contributed by atoms with Crippen LogP contribution in [-0.2, 0) is 52.5 Å². The van der Waals surface area contributed by atoms with E-state index in [1.807, 2.05) is 6.08 Å². The lowest BCUT2D eigenvalue weighted by atomic mass is 9.47. The highest BCUT2D eigenvalue weighted by Crippen LogP contribution is 2.65. The molecule has 4 rings (SSSR count). The zero-order chi connectivity index (χ0) is 53.3. The average Bonchev–Trinajstić information content (AvgIpc) is 3.72. The molecule has 0 bridgehead atoms. The monoisotopic (exact) mass is 1040 g/mol. The van der Waals surface area contributed by atoms with E-state index in [0.29, 0.717) is 37.0 Å². The quantitative estimate of drug-likeness (QED) is 0.0327. The lowest BCUT2D eigenvalue weighted by Gasteiger charge is -2.57. The molecule has 424 valence electrons. The van der Waals surface area contributed by atoms with Crippen molar-refractivity contribution < 1.29 is 52.5 Å². The summed E-state index contributed by atoms with van der Waals surface area (Å²) in [4.78, 5) is 76.3. The minimum atomic E-state index is -0.983. The van der Waals surface area contributed by atoms with Crippen LogP contribution in [0, 0.1) is 28.6 Å². The van der Waals surface area contributed by atoms with Crippen molar-refractivity contribution in [2.75, 3.05) is 19.8 Å². The van der Waals surface area contributed by atoms with E-state index < -0.39 is 18.0 Å². The van der Waals surface area contributed by atoms with E-state index in [4.69, 9.17) is 23.7 Å². The van der Waals surface area contributed by atoms with E-state index in [-0.39, 0.29) is 92.5 Å². The summed E-state index contributed by atoms with van der Waals surface area (Å²) in [6.45, 7) is 8.89. The van der Waals surface area contributed by atoms with Gasteiger partial charge >= 0.3 is 29.8 Å². The molecule has 0 aromatic heterocycles. The maximum absolute atomic E-state index is 13.1. The molecule has 3 saturated carbocycles. The van der Waals surface area contributed by atoms with E-state index in [2.05, 4.69) is 27.7 Å². The van der Waals surface area contributed by atoms with Crippen LogP contribution < -0.4 is 0 Å². The molecule has 0 radical (unpaired) electrons. The van der Waals surface area contributed by atoms with Crippen molar-refractivity contribution in [3.63, 3.8) is 0 Å². The van der Waals surface area contributed by atoms with Crippen molar-refractivity contribution in [2.24, 2.45) is 28.6 Å². The molecule has 0 N–H and O–H groups in total. The van der Waals surface area contributed by atoms with E-state index >= 15 is 0 Å². The Labute approximate surface area is 449 Å². The Morgan fingerprint density at radius 1 is 0.486 bits per heavy atom. The molecule has 4 aliphatic rings. The third-order valence-corrected chi connectivity index (χ3v) is 17.8. The summed E-state index contributed by atoms with van der Waals surface area (Å²) in [7, 11) is 0. The van der Waals surface area contributed by atoms with Crippen LogP contribution in [0.3, 0.4) is 0 Å². The van der Waals surface area contributed by atoms with Gasteiger partial charge < -0.3 is 23.7 Å². The molecule has 6 atom stereocenters. The summed E-state index contributed by atoms with van der Waals surface area (Å²) in [5.41, 5.74) is 1.46. The smallest absolute Gasteiger partial charge is 0.306 e. The number of allylic oxidation sites excluding steroid dienone is 1. The molecule has 74 heavy (non-hydrogen) atoms. The van der Waals surface area contributed by atoms with Crippen LogP contribution in [0.25, 0.3) is 0 Å². The Balaban J connectivity index is 1.08. The van der Waals surface area contributed by atoms with Gasteiger partial charge in [-0.15, -0.1) is 0 Å². The lowest BCUT2D eigenvalue weighted by Crippen LogP contribution is -2.51. The standard InChI is InChI=1S/C63H106O11/c1-5-7-9-11-13-15-17-19-21-23-25-27-29-33-57(65)71-48-52(49-72-58(66)34-30-28-26-24-22-20-18-16-14-12-10-8-6-2)73-61(69)41-40-59(67)70-46-32-31-35-60(68)74-56-39-38-54-53-37-36-50-47-51(64)42-44-62(50,3)55(53)43-45-63(54,56)4/h47,52-56H,5-46,48-49H2,1-4H3/t53-,54-,55-,56-,62-,63-/m0/s1. The van der Waals surface area contributed by atoms with E-state index in [0.717, 1.165) is 83.5 Å². The van der Waals surface area contributed by atoms with Crippen LogP contribution in [-0.4, -0.2) is 67.7 Å². The highest BCUT2D eigenvalue weighted by atomic mass is 16.6. The zero-order valence-corrected chi connectivity index (χ0v) is 47.6. The normalized spacial score (nSPS) is 23.1. The lowest BCUT2D eigenvalue weighted by molar-refractivity contribution is -0.167. The van der Waals surface area contributed by atoms with Gasteiger partial charge in [-0.25, -0.2) is 0 Å². The first-order chi connectivity index (χ1) is 35.9. The molecule has 0 amide bonds. The molecule has 11 nitrogen and oxygen atoms in total. The van der Waals surface area contributed by atoms with Gasteiger partial charge in [0.2, 0.25) is 0 Å². The number of carbonyl (C=O) groups excluding carboxylic acids is 6. The van der Waals surface area contributed by atoms with E-state index in [1.54, 1.807) is 0 Å². The van der Waals surface area contributed by atoms with Crippen molar-refractivity contribution in [1.29, 1.82) is 0 Å². The van der Waals surface area contributed by atoms with Gasteiger partial charge in [0.25, 0.3) is 0 Å². The molecular formula is C63H106O11. The molecular weight excluding hydrogens is 933 g/mol. The summed E-state index contributed by atoms with van der Waals surface area (Å²) in [6, 6.07) is 0. The predicted octanol–water partition coefficient (Wildman–Crippen LogP) is 15.9. The first kappa shape index (κ1) is 63.3. The summed E-state index contributed by atoms with van der Waals surface area (Å²) in [6.07, 6.45) is 41.7. The van der Waals surface area contributed by atoms with Gasteiger partial charge in [0.15, 0.2) is 11.9 Å². The van der Waals surface area contributed by atoms with Crippen LogP contribution in [0.2, 0.25) is 0 Å². The van der Waals surface area contributed by atoms with Gasteiger partial charge in [0.1, 0.15) is 19.3 Å². The number of unbranched alkanes of at least 4 members (excludes halogenated alkanes) is 25. The summed E-state index contributed by atoms with van der Waals surface area (Å²) < 4.78 is 28.2. The van der Waals surface area contributed by atoms with Crippen LogP contribution >= 0.6 is 0 Å². The first-order valence-corrected chi connectivity index (χ1v) is 31.0. The zero-order valence-electron chi connectivity index (χ0n) is 47.6. The number of fused-ring (bicyclic) bond motifs is 5. The van der Waals surface area contributed by atoms with Crippen molar-refractivity contribution in [2.45, 2.75) is 303 Å². The molecule has 0 unspecified atom stereocenters. The van der Waals surface area contributed by atoms with Crippen LogP contribution in [0.4, 0.5) is 0 Å². The molecule has 0 aromatic carbocycles. The number of hydrogen-bond acceptors (Lipinski definition) is 11. The topological polar surface area (TPSA) is 149 Å². The Morgan fingerprint density at radius 2 is 0.946 bits per heavy atom. The molecule has 0 saturated heterocycles. The first-order valence-electron chi connectivity index (χ1n) is 31.0. The Morgan fingerprint density at radius 3 is 1.47 bits per heavy atom. The largest absolute Gasteiger partial charge is 0.466 e. The summed E-state index contributed by atoms with van der Waals surface area (Å²) in [5, 5.41) is 0. The maximum atomic E-state index is 13.1. The Hall–Kier alpha value is -3.24. The van der Waals surface area contributed by atoms with Gasteiger partial charge in [-0.3, -0.25) is 28.8 Å². The fraction of sp³-hybridized carbons (Fsp3) is 0.873. The van der Waals surface area contributed by atoms with Gasteiger partial charge in [0, 0.05) is 31.1 Å². The number of esters is 5. The predicted molar refractivity (Wildman–Crippen MR) is 293 cm³/mol. The molecule has 0 aliphatic heterocycles. The fourth-order valence-electron chi connectivity index (χ4n) is 13.2. The third kappa shape index (κ3) is 23.6. The second kappa shape index (κ2) is 36.7. The summed E-state index contributed by atoms with van der Waals surface area (Å²) >= 11 is 0. The van der Waals surface area contributed by atoms with Crippen LogP contribution in [0.15, 0.2) is 11.6 Å². The van der Waals surface area contributed by atoms with Gasteiger partial charge in [0.05, 0.1) is 19.4 Å². The van der Waals surface area contributed by atoms with E-state index in [9.17, 15) is 28.8 Å². The maximum Gasteiger partial charge on any atom is 0.306 e. The van der Waals surface area contributed by atoms with Crippen molar-refractivity contribution in [1.82, 2.24) is 0 Å². The van der Waals surface area contributed by atoms with Gasteiger partial charge in [-0.05, 0) is 99.9 Å². The van der Waals surface area contributed by atoms with Crippen molar-refractivity contribution >= 4 is 35.6 Å². The molecule has 4 aliphatic carbocycles. The minimum Gasteiger partial charge on any atom is -0.466 e. The molecule has 0 heterocycles. The number of rotatable bonds is 42. The molecule has 0 aromatic rings. The molecule has 11 heteroatoms. The SMILES string of the molecule is CCCCCCCCCCCCCCCC(=O)OCC(COC(=O)CCCCCCCCCCCCCCC)OC(=O)CCC(=O)OCCCCC(=O)O[C@H]1CC[C@H]2[C@@H]3CCC4=CC(=O)CC[C@]4(C)[C@H]3CC[C@]12C. The average molecular weight is 1040 g/mol. The van der Waals surface area contributed by atoms with Crippen LogP contribution in [0.5, 0.6) is 0 Å². The van der Waals surface area contributed by atoms with E-state index in [1.165, 1.54) is 134 Å². The Bertz CT molecular complexity index is 1630. The number of hydrogen-bond donors (Lipinski definition) is 0. The third-order valence-electron chi connectivity index (χ3n) is 17.8. The molecule has 3 fully saturated rings. The summed E-state index contributed by atoms with van der Waals surface area (Å²) in [5.74, 6) is -0.170. The fourth-order valence-corrected chi connectivity index (χ4v) is 13.2. The van der Waals surface area contributed by atoms with Crippen LogP contribution in [0.1, 0.15) is 291 Å². The highest BCUT2D eigenvalue weighted by molar-refractivity contribution is 5.91. The number of ether oxygens (including phenoxy) is 5. The van der Waals surface area contributed by atoms with Gasteiger partial charge in [-0.2, -0.15) is 0 Å². The van der Waals surface area contributed by atoms with Gasteiger partial charge in [-0.1, -0.05) is 187 Å². The second-order valence-electron chi connectivity index (χ2n) is 23.7. The van der Waals surface area contributed by atoms with Crippen molar-refractivity contribution in [3.8, 4) is 0 Å². The Kier molecular flexibility index (Phi) is 31.4. The second-order valence-corrected chi connectivity index (χ2v) is 23.7. The number of ketones is 1. The minimum absolute atomic E-state index is 0.0262.